The zero-order valence-electron chi connectivity index (χ0n) is 10.3. The Labute approximate surface area is 119 Å². The lowest BCUT2D eigenvalue weighted by Crippen LogP contribution is -2.50. The minimum absolute atomic E-state index is 0.0247. The Kier molecular flexibility index (Phi) is 4.40. The van der Waals surface area contributed by atoms with Crippen molar-refractivity contribution in [2.24, 2.45) is 0 Å². The Hall–Kier alpha value is 0.235. The van der Waals surface area contributed by atoms with Crippen LogP contribution in [-0.2, 0) is 4.74 Å². The molecule has 88 valence electrons. The number of ether oxygens (including phenoxy) is 1. The maximum Gasteiger partial charge on any atom is 0.281 e. The van der Waals surface area contributed by atoms with Crippen molar-refractivity contribution in [3.8, 4) is 0 Å². The number of piperidine rings is 1. The average Bonchev–Trinajstić information content (AvgIpc) is 2.28. The maximum absolute atomic E-state index is 11.3. The molecule has 0 aromatic carbocycles. The van der Waals surface area contributed by atoms with Gasteiger partial charge in [-0.15, -0.1) is 0 Å². The first-order valence-electron chi connectivity index (χ1n) is 6.22. The van der Waals surface area contributed by atoms with Crippen molar-refractivity contribution in [2.45, 2.75) is 43.2 Å². The molecule has 1 atom stereocenters. The zero-order chi connectivity index (χ0) is 12.5. The smallest absolute Gasteiger partial charge is 0.281 e. The third kappa shape index (κ3) is 3.17. The number of carbonyl (C=O) groups is 1. The molecule has 3 nitrogen and oxygen atoms in total. The number of rotatable bonds is 1. The van der Waals surface area contributed by atoms with Crippen LogP contribution in [0.5, 0.6) is 0 Å². The summed E-state index contributed by atoms with van der Waals surface area (Å²) in [5, 5.41) is 0. The van der Waals surface area contributed by atoms with E-state index in [9.17, 15) is 4.79 Å². The van der Waals surface area contributed by atoms with E-state index in [1.54, 1.807) is 0 Å². The lowest BCUT2D eigenvalue weighted by atomic mass is 9.83. The number of nitrogens with zero attached hydrogens (tertiary/aromatic N) is 1. The van der Waals surface area contributed by atoms with Crippen molar-refractivity contribution in [1.29, 1.82) is 0 Å². The van der Waals surface area contributed by atoms with Crippen LogP contribution < -0.4 is 0 Å². The lowest BCUT2D eigenvalue weighted by Gasteiger charge is -2.46. The maximum atomic E-state index is 11.3. The van der Waals surface area contributed by atoms with Crippen LogP contribution >= 0.6 is 0 Å². The van der Waals surface area contributed by atoms with E-state index in [1.165, 1.54) is 5.57 Å². The minimum atomic E-state index is -0.0247. The van der Waals surface area contributed by atoms with E-state index >= 15 is 0 Å². The predicted molar refractivity (Wildman–Crippen MR) is 68.3 cm³/mol. The van der Waals surface area contributed by atoms with Crippen molar-refractivity contribution in [3.05, 3.63) is 11.6 Å². The summed E-state index contributed by atoms with van der Waals surface area (Å²) in [6, 6.07) is 0. The summed E-state index contributed by atoms with van der Waals surface area (Å²) in [4.78, 5) is 13.3. The number of carbonyl (C=O) groups excluding carboxylic acids is 1. The monoisotopic (exact) mass is 261 g/mol. The highest BCUT2D eigenvalue weighted by Crippen LogP contribution is 2.37. The Morgan fingerprint density at radius 1 is 1.59 bits per heavy atom. The Morgan fingerprint density at radius 3 is 2.76 bits per heavy atom. The Balaban J connectivity index is 2.03. The van der Waals surface area contributed by atoms with Gasteiger partial charge in [-0.05, 0) is 30.6 Å². The quantitative estimate of drug-likeness (QED) is 0.527. The van der Waals surface area contributed by atoms with Gasteiger partial charge in [0.15, 0.2) is 16.3 Å². The fourth-order valence-corrected chi connectivity index (χ4v) is 3.56. The molecule has 0 aromatic rings. The van der Waals surface area contributed by atoms with E-state index in [2.05, 4.69) is 45.6 Å². The molecule has 2 heterocycles. The summed E-state index contributed by atoms with van der Waals surface area (Å²) in [5.41, 5.74) is 1.46. The molecular formula is C12H17Al2NO2. The highest BCUT2D eigenvalue weighted by atomic mass is 27.1. The molecule has 1 spiro atoms. The van der Waals surface area contributed by atoms with Crippen molar-refractivity contribution in [1.82, 2.24) is 4.90 Å². The largest absolute Gasteiger partial charge is 0.385 e. The van der Waals surface area contributed by atoms with Gasteiger partial charge in [0.2, 0.25) is 0 Å². The second kappa shape index (κ2) is 5.47. The third-order valence-corrected chi connectivity index (χ3v) is 4.47. The van der Waals surface area contributed by atoms with Gasteiger partial charge in [0.1, 0.15) is 0 Å². The first kappa shape index (κ1) is 13.7. The van der Waals surface area contributed by atoms with E-state index < -0.39 is 0 Å². The van der Waals surface area contributed by atoms with Crippen LogP contribution in [0.15, 0.2) is 11.6 Å². The van der Waals surface area contributed by atoms with Crippen molar-refractivity contribution >= 4 is 37.3 Å². The predicted octanol–water partition coefficient (Wildman–Crippen LogP) is 1.36. The highest BCUT2D eigenvalue weighted by Gasteiger charge is 2.39. The molecule has 0 bridgehead atoms. The first-order valence-corrected chi connectivity index (χ1v) is 7.46. The van der Waals surface area contributed by atoms with Crippen molar-refractivity contribution in [3.63, 3.8) is 0 Å². The van der Waals surface area contributed by atoms with Crippen molar-refractivity contribution in [2.75, 3.05) is 13.1 Å². The number of likely N-dealkylation sites (tertiary alicyclic amines) is 1. The second-order valence-electron chi connectivity index (χ2n) is 4.95. The van der Waals surface area contributed by atoms with Crippen LogP contribution in [0.1, 0.15) is 32.6 Å². The summed E-state index contributed by atoms with van der Waals surface area (Å²) >= 11 is 5.01. The molecule has 0 N–H and O–H groups in total. The molecular weight excluding hydrogens is 244 g/mol. The van der Waals surface area contributed by atoms with Gasteiger partial charge in [0.05, 0.1) is 10.4 Å². The van der Waals surface area contributed by atoms with Gasteiger partial charge in [-0.25, -0.2) is 0 Å². The zero-order valence-corrected chi connectivity index (χ0v) is 12.6. The topological polar surface area (TPSA) is 29.5 Å². The summed E-state index contributed by atoms with van der Waals surface area (Å²) in [7, 11) is 0. The lowest BCUT2D eigenvalue weighted by molar-refractivity contribution is -0.0871. The molecule has 17 heavy (non-hydrogen) atoms. The van der Waals surface area contributed by atoms with Gasteiger partial charge in [-0.2, -0.15) is 0 Å². The van der Waals surface area contributed by atoms with E-state index in [0.717, 1.165) is 38.8 Å². The van der Waals surface area contributed by atoms with Crippen molar-refractivity contribution < 1.29 is 9.53 Å². The molecule has 0 aliphatic carbocycles. The van der Waals surface area contributed by atoms with Gasteiger partial charge in [-0.3, -0.25) is 0 Å². The molecule has 1 amide bonds. The van der Waals surface area contributed by atoms with E-state index in [1.807, 2.05) is 4.90 Å². The molecule has 1 saturated heterocycles. The molecule has 0 aromatic heterocycles. The fourth-order valence-electron chi connectivity index (χ4n) is 2.74. The molecule has 5 heteroatoms. The minimum Gasteiger partial charge on any atom is -0.385 e. The molecule has 4 radical (unpaired) electrons. The van der Waals surface area contributed by atoms with Crippen LogP contribution in [0.25, 0.3) is 0 Å². The molecule has 2 rings (SSSR count). The average molecular weight is 261 g/mol. The molecule has 2 aliphatic rings. The summed E-state index contributed by atoms with van der Waals surface area (Å²) < 4.78 is 6.22. The van der Waals surface area contributed by atoms with Crippen LogP contribution in [0, 0.1) is 0 Å². The van der Waals surface area contributed by atoms with E-state index in [-0.39, 0.29) is 15.3 Å². The second-order valence-corrected chi connectivity index (χ2v) is 6.10. The van der Waals surface area contributed by atoms with Gasteiger partial charge < -0.3 is 14.4 Å². The van der Waals surface area contributed by atoms with Crippen LogP contribution in [0.4, 0.5) is 4.79 Å². The van der Waals surface area contributed by atoms with Gasteiger partial charge in [0.25, 0.3) is 16.3 Å². The van der Waals surface area contributed by atoms with E-state index in [4.69, 9.17) is 4.74 Å². The Bertz CT molecular complexity index is 335. The van der Waals surface area contributed by atoms with Crippen LogP contribution in [0.3, 0.4) is 0 Å². The highest BCUT2D eigenvalue weighted by molar-refractivity contribution is 6.56. The summed E-state index contributed by atoms with van der Waals surface area (Å²) in [6.45, 7) is 3.83. The first-order chi connectivity index (χ1) is 8.04. The number of amides is 1. The third-order valence-electron chi connectivity index (χ3n) is 3.78. The summed E-state index contributed by atoms with van der Waals surface area (Å²) in [5.74, 6) is 0. The normalized spacial score (nSPS) is 27.9. The van der Waals surface area contributed by atoms with E-state index in [0.29, 0.717) is 0 Å². The molecule has 1 fully saturated rings. The molecule has 1 unspecified atom stereocenters. The SMILES string of the molecule is CCC1=C[CH]([Al])OC2(CCN([C](=O)[Al])CC2)C1. The Morgan fingerprint density at radius 2 is 2.24 bits per heavy atom. The number of hydrogen-bond donors (Lipinski definition) is 0. The fraction of sp³-hybridized carbons (Fsp3) is 0.750. The number of hydrogen-bond acceptors (Lipinski definition) is 2. The summed E-state index contributed by atoms with van der Waals surface area (Å²) in [6.07, 6.45) is 6.25. The van der Waals surface area contributed by atoms with Gasteiger partial charge in [-0.1, -0.05) is 18.6 Å². The van der Waals surface area contributed by atoms with Gasteiger partial charge >= 0.3 is 0 Å². The molecule has 2 aliphatic heterocycles. The molecule has 0 saturated carbocycles. The standard InChI is InChI=1S/C12H17NO2.2Al/c1-2-11-3-8-15-12(9-11)4-6-13(10-14)7-5-12;;/h3,8H,2,4-7,9H2,1H3;;. The van der Waals surface area contributed by atoms with Crippen LogP contribution in [-0.4, -0.2) is 65.9 Å². The van der Waals surface area contributed by atoms with Crippen LogP contribution in [0.2, 0.25) is 0 Å². The van der Waals surface area contributed by atoms with Gasteiger partial charge in [0, 0.05) is 13.1 Å².